The predicted octanol–water partition coefficient (Wildman–Crippen LogP) is 11.5. The van der Waals surface area contributed by atoms with Gasteiger partial charge < -0.3 is 4.90 Å². The zero-order valence-corrected chi connectivity index (χ0v) is 30.1. The van der Waals surface area contributed by atoms with E-state index >= 15 is 0 Å². The molecule has 6 heteroatoms. The highest BCUT2D eigenvalue weighted by Crippen LogP contribution is 2.48. The lowest BCUT2D eigenvalue weighted by atomic mass is 9.93. The standard InChI is InChI=1S/C49H34N6/c1-53-31-36-19-11-12-22-38(36)45-41-30-35(26-28-44(41)54(48(45)53)37-20-9-4-10-21-37)34-25-27-43-40(29-34)39-23-13-14-24-42(39)55(43)49-51-46(32-15-5-2-6-16-32)50-47(52-49)33-17-7-3-8-18-33/h2-30H,31H2,1H3. The van der Waals surface area contributed by atoms with E-state index in [0.29, 0.717) is 17.6 Å². The average molecular weight is 707 g/mol. The third kappa shape index (κ3) is 4.99. The minimum Gasteiger partial charge on any atom is -0.356 e. The van der Waals surface area contributed by atoms with E-state index in [9.17, 15) is 0 Å². The van der Waals surface area contributed by atoms with Gasteiger partial charge in [-0.15, -0.1) is 0 Å². The van der Waals surface area contributed by atoms with Gasteiger partial charge in [0.1, 0.15) is 5.82 Å². The number of anilines is 1. The van der Waals surface area contributed by atoms with E-state index in [1.165, 1.54) is 39.0 Å². The molecule has 0 bridgehead atoms. The number of hydrogen-bond acceptors (Lipinski definition) is 4. The Hall–Kier alpha value is -7.31. The number of rotatable bonds is 5. The van der Waals surface area contributed by atoms with E-state index in [-0.39, 0.29) is 0 Å². The minimum absolute atomic E-state index is 0.588. The maximum Gasteiger partial charge on any atom is 0.238 e. The number of fused-ring (bicyclic) bond motifs is 8. The Labute approximate surface area is 318 Å². The summed E-state index contributed by atoms with van der Waals surface area (Å²) in [5.41, 5.74) is 12.6. The Morgan fingerprint density at radius 1 is 0.436 bits per heavy atom. The van der Waals surface area contributed by atoms with Gasteiger partial charge in [-0.1, -0.05) is 133 Å². The summed E-state index contributed by atoms with van der Waals surface area (Å²) < 4.78 is 4.60. The van der Waals surface area contributed by atoms with Crippen LogP contribution in [0.1, 0.15) is 5.56 Å². The van der Waals surface area contributed by atoms with Crippen LogP contribution in [0.4, 0.5) is 5.82 Å². The van der Waals surface area contributed by atoms with Crippen molar-refractivity contribution < 1.29 is 0 Å². The van der Waals surface area contributed by atoms with Crippen LogP contribution in [-0.4, -0.2) is 31.1 Å². The third-order valence-corrected chi connectivity index (χ3v) is 10.9. The molecule has 11 rings (SSSR count). The van der Waals surface area contributed by atoms with Crippen LogP contribution in [-0.2, 0) is 6.54 Å². The fraction of sp³-hybridized carbons (Fsp3) is 0.0408. The van der Waals surface area contributed by atoms with Gasteiger partial charge in [-0.05, 0) is 64.7 Å². The van der Waals surface area contributed by atoms with Crippen molar-refractivity contribution in [3.63, 3.8) is 0 Å². The van der Waals surface area contributed by atoms with Crippen LogP contribution >= 0.6 is 0 Å². The molecule has 0 saturated carbocycles. The molecule has 0 radical (unpaired) electrons. The molecule has 10 aromatic rings. The summed E-state index contributed by atoms with van der Waals surface area (Å²) in [5.74, 6) is 3.08. The molecule has 0 saturated heterocycles. The first-order chi connectivity index (χ1) is 27.2. The number of benzene rings is 7. The summed E-state index contributed by atoms with van der Waals surface area (Å²) in [5, 5.41) is 3.53. The Bertz CT molecular complexity index is 3010. The van der Waals surface area contributed by atoms with Gasteiger partial charge in [-0.3, -0.25) is 9.13 Å². The molecule has 1 aliphatic heterocycles. The maximum absolute atomic E-state index is 5.11. The van der Waals surface area contributed by atoms with E-state index < -0.39 is 0 Å². The summed E-state index contributed by atoms with van der Waals surface area (Å²) in [6.45, 7) is 0.862. The predicted molar refractivity (Wildman–Crippen MR) is 225 cm³/mol. The number of para-hydroxylation sites is 2. The van der Waals surface area contributed by atoms with Crippen LogP contribution in [0.3, 0.4) is 0 Å². The Kier molecular flexibility index (Phi) is 7.04. The molecule has 1 aliphatic rings. The van der Waals surface area contributed by atoms with Crippen molar-refractivity contribution in [3.8, 4) is 56.7 Å². The minimum atomic E-state index is 0.588. The number of aromatic nitrogens is 5. The van der Waals surface area contributed by atoms with Gasteiger partial charge in [0.15, 0.2) is 11.6 Å². The summed E-state index contributed by atoms with van der Waals surface area (Å²) in [7, 11) is 2.20. The van der Waals surface area contributed by atoms with Crippen molar-refractivity contribution >= 4 is 38.5 Å². The van der Waals surface area contributed by atoms with Crippen LogP contribution in [0, 0.1) is 0 Å². The Morgan fingerprint density at radius 3 is 1.67 bits per heavy atom. The second-order valence-corrected chi connectivity index (χ2v) is 14.2. The third-order valence-electron chi connectivity index (χ3n) is 10.9. The van der Waals surface area contributed by atoms with Crippen LogP contribution in [0.25, 0.3) is 89.4 Å². The van der Waals surface area contributed by atoms with Gasteiger partial charge in [-0.25, -0.2) is 4.98 Å². The summed E-state index contributed by atoms with van der Waals surface area (Å²) >= 11 is 0. The van der Waals surface area contributed by atoms with Crippen molar-refractivity contribution in [2.24, 2.45) is 0 Å². The SMILES string of the molecule is CN1Cc2ccccc2-c2c1n(-c1ccccc1)c1ccc(-c3ccc4c(c3)c3ccccc3n4-c3nc(-c4ccccc4)nc(-c4ccccc4)n3)cc21. The molecule has 55 heavy (non-hydrogen) atoms. The van der Waals surface area contributed by atoms with Crippen molar-refractivity contribution in [3.05, 3.63) is 181 Å². The monoisotopic (exact) mass is 706 g/mol. The fourth-order valence-electron chi connectivity index (χ4n) is 8.42. The summed E-state index contributed by atoms with van der Waals surface area (Å²) in [6, 6.07) is 62.1. The van der Waals surface area contributed by atoms with Gasteiger partial charge in [0.2, 0.25) is 5.95 Å². The topological polar surface area (TPSA) is 51.8 Å². The molecule has 6 nitrogen and oxygen atoms in total. The van der Waals surface area contributed by atoms with E-state index in [1.54, 1.807) is 0 Å². The van der Waals surface area contributed by atoms with Gasteiger partial charge >= 0.3 is 0 Å². The first kappa shape index (κ1) is 31.2. The van der Waals surface area contributed by atoms with Gasteiger partial charge in [0.25, 0.3) is 0 Å². The van der Waals surface area contributed by atoms with Gasteiger partial charge in [0, 0.05) is 52.1 Å². The smallest absolute Gasteiger partial charge is 0.238 e. The zero-order chi connectivity index (χ0) is 36.5. The molecule has 0 atom stereocenters. The summed E-state index contributed by atoms with van der Waals surface area (Å²) in [6.07, 6.45) is 0. The molecular formula is C49H34N6. The van der Waals surface area contributed by atoms with Gasteiger partial charge in [0.05, 0.1) is 16.6 Å². The van der Waals surface area contributed by atoms with E-state index in [1.807, 2.05) is 60.7 Å². The normalized spacial score (nSPS) is 12.3. The first-order valence-corrected chi connectivity index (χ1v) is 18.6. The molecule has 0 spiro atoms. The molecule has 7 aromatic carbocycles. The van der Waals surface area contributed by atoms with Gasteiger partial charge in [-0.2, -0.15) is 9.97 Å². The average Bonchev–Trinajstić information content (AvgIpc) is 3.78. The lowest BCUT2D eigenvalue weighted by Gasteiger charge is -2.29. The quantitative estimate of drug-likeness (QED) is 0.179. The molecule has 0 aliphatic carbocycles. The van der Waals surface area contributed by atoms with Crippen molar-refractivity contribution in [1.29, 1.82) is 0 Å². The highest BCUT2D eigenvalue weighted by atomic mass is 15.2. The van der Waals surface area contributed by atoms with E-state index in [4.69, 9.17) is 15.0 Å². The molecule has 0 amide bonds. The second kappa shape index (κ2) is 12.4. The van der Waals surface area contributed by atoms with Crippen molar-refractivity contribution in [2.45, 2.75) is 6.54 Å². The van der Waals surface area contributed by atoms with E-state index in [0.717, 1.165) is 50.7 Å². The highest BCUT2D eigenvalue weighted by Gasteiger charge is 2.28. The van der Waals surface area contributed by atoms with Crippen LogP contribution < -0.4 is 4.90 Å². The zero-order valence-electron chi connectivity index (χ0n) is 30.1. The lowest BCUT2D eigenvalue weighted by Crippen LogP contribution is -2.23. The molecule has 0 fully saturated rings. The van der Waals surface area contributed by atoms with Crippen LogP contribution in [0.15, 0.2) is 176 Å². The highest BCUT2D eigenvalue weighted by molar-refractivity contribution is 6.11. The second-order valence-electron chi connectivity index (χ2n) is 14.2. The maximum atomic E-state index is 5.11. The van der Waals surface area contributed by atoms with Crippen LogP contribution in [0.2, 0.25) is 0 Å². The molecule has 4 heterocycles. The first-order valence-electron chi connectivity index (χ1n) is 18.6. The molecular weight excluding hydrogens is 673 g/mol. The van der Waals surface area contributed by atoms with Crippen LogP contribution in [0.5, 0.6) is 0 Å². The molecule has 0 N–H and O–H groups in total. The molecule has 260 valence electrons. The molecule has 3 aromatic heterocycles. The van der Waals surface area contributed by atoms with Crippen molar-refractivity contribution in [2.75, 3.05) is 11.9 Å². The summed E-state index contributed by atoms with van der Waals surface area (Å²) in [4.78, 5) is 17.6. The molecule has 0 unspecified atom stereocenters. The Balaban J connectivity index is 1.12. The Morgan fingerprint density at radius 2 is 0.982 bits per heavy atom. The number of nitrogens with zero attached hydrogens (tertiary/aromatic N) is 6. The largest absolute Gasteiger partial charge is 0.356 e. The number of hydrogen-bond donors (Lipinski definition) is 0. The fourth-order valence-corrected chi connectivity index (χ4v) is 8.42. The van der Waals surface area contributed by atoms with Crippen molar-refractivity contribution in [1.82, 2.24) is 24.1 Å². The lowest BCUT2D eigenvalue weighted by molar-refractivity contribution is 0.868. The van der Waals surface area contributed by atoms with E-state index in [2.05, 4.69) is 136 Å².